The van der Waals surface area contributed by atoms with Crippen molar-refractivity contribution in [1.82, 2.24) is 10.3 Å². The number of carbonyl (C=O) groups excluding carboxylic acids is 1. The molecule has 0 spiro atoms. The van der Waals surface area contributed by atoms with Crippen LogP contribution in [0.5, 0.6) is 0 Å². The van der Waals surface area contributed by atoms with Crippen molar-refractivity contribution >= 4 is 33.2 Å². The van der Waals surface area contributed by atoms with Crippen LogP contribution in [0.25, 0.3) is 0 Å². The number of halogens is 4. The Morgan fingerprint density at radius 2 is 1.69 bits per heavy atom. The van der Waals surface area contributed by atoms with Gasteiger partial charge in [0.05, 0.1) is 21.2 Å². The van der Waals surface area contributed by atoms with E-state index in [9.17, 15) is 26.4 Å². The summed E-state index contributed by atoms with van der Waals surface area (Å²) in [5, 5.41) is 2.25. The van der Waals surface area contributed by atoms with Gasteiger partial charge in [-0.3, -0.25) is 9.78 Å². The molecule has 1 atom stereocenters. The summed E-state index contributed by atoms with van der Waals surface area (Å²) in [5.41, 5.74) is -1.27. The van der Waals surface area contributed by atoms with Crippen molar-refractivity contribution in [3.05, 3.63) is 89.2 Å². The molecule has 0 saturated heterocycles. The van der Waals surface area contributed by atoms with Crippen molar-refractivity contribution in [2.45, 2.75) is 24.2 Å². The van der Waals surface area contributed by atoms with Gasteiger partial charge in [-0.25, -0.2) is 12.7 Å². The summed E-state index contributed by atoms with van der Waals surface area (Å²) in [6.45, 7) is 1.16. The van der Waals surface area contributed by atoms with Crippen molar-refractivity contribution in [1.29, 1.82) is 0 Å². The lowest BCUT2D eigenvalue weighted by atomic mass is 10.1. The van der Waals surface area contributed by atoms with Crippen LogP contribution in [0.4, 0.5) is 18.9 Å². The summed E-state index contributed by atoms with van der Waals surface area (Å²) in [6, 6.07) is 12.3. The number of alkyl halides is 3. The molecule has 0 radical (unpaired) electrons. The lowest BCUT2D eigenvalue weighted by Gasteiger charge is -2.34. The van der Waals surface area contributed by atoms with Gasteiger partial charge >= 0.3 is 6.18 Å². The molecule has 11 heteroatoms. The number of sulfonamides is 1. The van der Waals surface area contributed by atoms with E-state index in [1.165, 1.54) is 48.8 Å². The molecule has 1 aromatic heterocycles. The first-order valence-corrected chi connectivity index (χ1v) is 11.0. The smallest absolute Gasteiger partial charge is 0.331 e. The normalized spacial score (nSPS) is 12.8. The van der Waals surface area contributed by atoms with E-state index in [2.05, 4.69) is 10.3 Å². The van der Waals surface area contributed by atoms with Crippen molar-refractivity contribution in [2.75, 3.05) is 4.31 Å². The highest BCUT2D eigenvalue weighted by Crippen LogP contribution is 2.40. The van der Waals surface area contributed by atoms with Crippen LogP contribution in [0.15, 0.2) is 78.0 Å². The average Bonchev–Trinajstić information content (AvgIpc) is 2.74. The molecule has 6 nitrogen and oxygen atoms in total. The highest BCUT2D eigenvalue weighted by molar-refractivity contribution is 7.92. The number of anilines is 1. The number of aromatic nitrogens is 1. The molecule has 32 heavy (non-hydrogen) atoms. The molecule has 0 aliphatic rings. The molecule has 1 N–H and O–H groups in total. The Balaban J connectivity index is 2.33. The maximum Gasteiger partial charge on any atom is 0.416 e. The van der Waals surface area contributed by atoms with Crippen LogP contribution >= 0.6 is 11.6 Å². The Morgan fingerprint density at radius 1 is 1.06 bits per heavy atom. The van der Waals surface area contributed by atoms with Crippen molar-refractivity contribution < 1.29 is 26.4 Å². The minimum atomic E-state index is -4.75. The fourth-order valence-corrected chi connectivity index (χ4v) is 4.84. The summed E-state index contributed by atoms with van der Waals surface area (Å²) in [6.07, 6.45) is -3.42. The summed E-state index contributed by atoms with van der Waals surface area (Å²) in [4.78, 5) is 15.6. The van der Waals surface area contributed by atoms with Gasteiger partial charge in [0.15, 0.2) is 0 Å². The molecule has 1 heterocycles. The van der Waals surface area contributed by atoms with E-state index in [0.717, 1.165) is 19.1 Å². The predicted octanol–water partition coefficient (Wildman–Crippen LogP) is 4.78. The van der Waals surface area contributed by atoms with Gasteiger partial charge in [-0.05, 0) is 48.0 Å². The molecule has 1 amide bonds. The largest absolute Gasteiger partial charge is 0.416 e. The summed E-state index contributed by atoms with van der Waals surface area (Å²) in [5.74, 6) is -0.608. The van der Waals surface area contributed by atoms with Crippen molar-refractivity contribution in [2.24, 2.45) is 0 Å². The molecule has 1 unspecified atom stereocenters. The number of nitrogens with zero attached hydrogens (tertiary/aromatic N) is 2. The molecule has 2 aromatic carbocycles. The Kier molecular flexibility index (Phi) is 6.75. The van der Waals surface area contributed by atoms with Gasteiger partial charge in [0, 0.05) is 19.3 Å². The lowest BCUT2D eigenvalue weighted by molar-refractivity contribution is -0.137. The minimum Gasteiger partial charge on any atom is -0.331 e. The maximum atomic E-state index is 13.7. The van der Waals surface area contributed by atoms with Crippen LogP contribution in [-0.4, -0.2) is 19.3 Å². The third-order valence-corrected chi connectivity index (χ3v) is 6.52. The number of amides is 1. The second-order valence-corrected chi connectivity index (χ2v) is 8.88. The standard InChI is InChI=1S/C21H17ClF3N3O3S/c1-14(29)27-20(15-9-11-26-12-10-15)28(32(30,31)17-5-3-2-4-6-17)19-13-16(21(23,24)25)7-8-18(19)22/h2-13,20H,1H3,(H,27,29). The van der Waals surface area contributed by atoms with E-state index in [0.29, 0.717) is 10.4 Å². The molecular weight excluding hydrogens is 467 g/mol. The number of nitrogens with one attached hydrogen (secondary N) is 1. The number of hydrogen-bond donors (Lipinski definition) is 1. The number of carbonyl (C=O) groups is 1. The van der Waals surface area contributed by atoms with Crippen LogP contribution in [0.3, 0.4) is 0 Å². The Labute approximate surface area is 187 Å². The lowest BCUT2D eigenvalue weighted by Crippen LogP contribution is -2.44. The SMILES string of the molecule is CC(=O)NC(c1ccncc1)N(c1cc(C(F)(F)F)ccc1Cl)S(=O)(=O)c1ccccc1. The Bertz CT molecular complexity index is 1210. The zero-order chi connectivity index (χ0) is 23.5. The fourth-order valence-electron chi connectivity index (χ4n) is 2.99. The molecule has 3 aromatic rings. The molecule has 0 aliphatic carbocycles. The second-order valence-electron chi connectivity index (χ2n) is 6.66. The van der Waals surface area contributed by atoms with Gasteiger partial charge in [0.1, 0.15) is 6.17 Å². The number of hydrogen-bond acceptors (Lipinski definition) is 4. The monoisotopic (exact) mass is 483 g/mol. The number of rotatable bonds is 6. The average molecular weight is 484 g/mol. The van der Waals surface area contributed by atoms with E-state index in [4.69, 9.17) is 11.6 Å². The zero-order valence-corrected chi connectivity index (χ0v) is 18.1. The van der Waals surface area contributed by atoms with Crippen LogP contribution in [0.1, 0.15) is 24.2 Å². The molecule has 0 bridgehead atoms. The summed E-state index contributed by atoms with van der Waals surface area (Å²) in [7, 11) is -4.49. The minimum absolute atomic E-state index is 0.196. The molecule has 0 saturated carbocycles. The first kappa shape index (κ1) is 23.6. The van der Waals surface area contributed by atoms with Gasteiger partial charge < -0.3 is 5.32 Å². The third kappa shape index (κ3) is 5.03. The van der Waals surface area contributed by atoms with Crippen LogP contribution in [-0.2, 0) is 21.0 Å². The quantitative estimate of drug-likeness (QED) is 0.511. The topological polar surface area (TPSA) is 79.4 Å². The zero-order valence-electron chi connectivity index (χ0n) is 16.5. The summed E-state index contributed by atoms with van der Waals surface area (Å²) >= 11 is 6.20. The van der Waals surface area contributed by atoms with Gasteiger partial charge in [-0.2, -0.15) is 13.2 Å². The number of pyridine rings is 1. The molecular formula is C21H17ClF3N3O3S. The Hall–Kier alpha value is -3.11. The van der Waals surface area contributed by atoms with Crippen LogP contribution in [0.2, 0.25) is 5.02 Å². The van der Waals surface area contributed by atoms with Crippen molar-refractivity contribution in [3.63, 3.8) is 0 Å². The highest BCUT2D eigenvalue weighted by Gasteiger charge is 2.37. The van der Waals surface area contributed by atoms with E-state index in [1.54, 1.807) is 6.07 Å². The second kappa shape index (κ2) is 9.17. The first-order valence-electron chi connectivity index (χ1n) is 9.15. The van der Waals surface area contributed by atoms with Gasteiger partial charge in [0.2, 0.25) is 5.91 Å². The van der Waals surface area contributed by atoms with Gasteiger partial charge in [0.25, 0.3) is 10.0 Å². The van der Waals surface area contributed by atoms with E-state index in [-0.39, 0.29) is 15.5 Å². The number of benzene rings is 2. The third-order valence-electron chi connectivity index (χ3n) is 4.41. The van der Waals surface area contributed by atoms with E-state index >= 15 is 0 Å². The fraction of sp³-hybridized carbons (Fsp3) is 0.143. The molecule has 168 valence electrons. The molecule has 0 fully saturated rings. The van der Waals surface area contributed by atoms with Gasteiger partial charge in [-0.15, -0.1) is 0 Å². The molecule has 3 rings (SSSR count). The highest BCUT2D eigenvalue weighted by atomic mass is 35.5. The van der Waals surface area contributed by atoms with Gasteiger partial charge in [-0.1, -0.05) is 29.8 Å². The van der Waals surface area contributed by atoms with E-state index < -0.39 is 39.5 Å². The summed E-state index contributed by atoms with van der Waals surface area (Å²) < 4.78 is 68.3. The van der Waals surface area contributed by atoms with Crippen LogP contribution in [0, 0.1) is 0 Å². The van der Waals surface area contributed by atoms with Crippen LogP contribution < -0.4 is 9.62 Å². The first-order chi connectivity index (χ1) is 15.0. The maximum absolute atomic E-state index is 13.7. The Morgan fingerprint density at radius 3 is 2.25 bits per heavy atom. The molecule has 0 aliphatic heterocycles. The predicted molar refractivity (Wildman–Crippen MR) is 113 cm³/mol. The van der Waals surface area contributed by atoms with Crippen molar-refractivity contribution in [3.8, 4) is 0 Å². The van der Waals surface area contributed by atoms with E-state index in [1.807, 2.05) is 0 Å².